The maximum Gasteiger partial charge on any atom is 0.305 e. The van der Waals surface area contributed by atoms with Crippen LogP contribution in [0.4, 0.5) is 0 Å². The largest absolute Gasteiger partial charge is 0.481 e. The summed E-state index contributed by atoms with van der Waals surface area (Å²) in [7, 11) is 0. The first kappa shape index (κ1) is 9.95. The van der Waals surface area contributed by atoms with Crippen molar-refractivity contribution in [3.05, 3.63) is 29.0 Å². The molecule has 1 atom stereocenters. The molecule has 1 heterocycles. The second kappa shape index (κ2) is 4.20. The molecule has 1 aromatic heterocycles. The third-order valence-corrected chi connectivity index (χ3v) is 1.75. The van der Waals surface area contributed by atoms with Gasteiger partial charge in [-0.1, -0.05) is 11.6 Å². The first-order chi connectivity index (χ1) is 6.09. The maximum absolute atomic E-state index is 10.3. The summed E-state index contributed by atoms with van der Waals surface area (Å²) in [4.78, 5) is 14.2. The Kier molecular flexibility index (Phi) is 3.22. The third-order valence-electron chi connectivity index (χ3n) is 1.52. The number of carboxylic acid groups (broad SMARTS) is 1. The summed E-state index contributed by atoms with van der Waals surface area (Å²) in [6.07, 6.45) is 1.35. The minimum Gasteiger partial charge on any atom is -0.481 e. The fourth-order valence-corrected chi connectivity index (χ4v) is 1.08. The monoisotopic (exact) mass is 200 g/mol. The van der Waals surface area contributed by atoms with E-state index >= 15 is 0 Å². The number of carbonyl (C=O) groups is 1. The van der Waals surface area contributed by atoms with Gasteiger partial charge in [-0.3, -0.25) is 9.78 Å². The molecule has 3 N–H and O–H groups in total. The predicted octanol–water partition coefficient (Wildman–Crippen LogP) is 1.21. The summed E-state index contributed by atoms with van der Waals surface area (Å²) < 4.78 is 0. The Morgan fingerprint density at radius 3 is 3.00 bits per heavy atom. The Morgan fingerprint density at radius 2 is 2.46 bits per heavy atom. The van der Waals surface area contributed by atoms with E-state index in [1.807, 2.05) is 0 Å². The first-order valence-corrected chi connectivity index (χ1v) is 4.06. The standard InChI is InChI=1S/C8H9ClN2O2/c9-5-1-2-11-7(3-5)6(10)4-8(12)13/h1-3,6H,4,10H2,(H,12,13)/t6-/m0/s1. The van der Waals surface area contributed by atoms with E-state index in [4.69, 9.17) is 22.4 Å². The van der Waals surface area contributed by atoms with Gasteiger partial charge in [-0.2, -0.15) is 0 Å². The van der Waals surface area contributed by atoms with Crippen molar-refractivity contribution in [2.45, 2.75) is 12.5 Å². The summed E-state index contributed by atoms with van der Waals surface area (Å²) in [5.74, 6) is -0.950. The lowest BCUT2D eigenvalue weighted by molar-refractivity contribution is -0.137. The molecule has 0 radical (unpaired) electrons. The van der Waals surface area contributed by atoms with Crippen molar-refractivity contribution in [2.75, 3.05) is 0 Å². The number of rotatable bonds is 3. The Labute approximate surface area is 80.3 Å². The molecule has 5 heteroatoms. The van der Waals surface area contributed by atoms with E-state index in [-0.39, 0.29) is 6.42 Å². The molecule has 0 aromatic carbocycles. The summed E-state index contributed by atoms with van der Waals surface area (Å²) >= 11 is 5.68. The molecule has 0 amide bonds. The molecule has 70 valence electrons. The van der Waals surface area contributed by atoms with Gasteiger partial charge in [0.15, 0.2) is 0 Å². The van der Waals surface area contributed by atoms with Crippen LogP contribution in [0.15, 0.2) is 18.3 Å². The van der Waals surface area contributed by atoms with Crippen LogP contribution in [0.3, 0.4) is 0 Å². The van der Waals surface area contributed by atoms with Crippen LogP contribution >= 0.6 is 11.6 Å². The smallest absolute Gasteiger partial charge is 0.305 e. The van der Waals surface area contributed by atoms with Crippen molar-refractivity contribution in [3.8, 4) is 0 Å². The zero-order valence-electron chi connectivity index (χ0n) is 6.77. The molecular formula is C8H9ClN2O2. The number of aliphatic carboxylic acids is 1. The number of hydrogen-bond acceptors (Lipinski definition) is 3. The van der Waals surface area contributed by atoms with Crippen LogP contribution in [0.1, 0.15) is 18.2 Å². The number of halogens is 1. The van der Waals surface area contributed by atoms with Crippen molar-refractivity contribution in [1.29, 1.82) is 0 Å². The molecule has 0 saturated heterocycles. The van der Waals surface area contributed by atoms with Gasteiger partial charge in [-0.05, 0) is 12.1 Å². The van der Waals surface area contributed by atoms with Crippen molar-refractivity contribution >= 4 is 17.6 Å². The van der Waals surface area contributed by atoms with Gasteiger partial charge in [-0.25, -0.2) is 0 Å². The lowest BCUT2D eigenvalue weighted by Crippen LogP contribution is -2.16. The molecule has 0 aliphatic rings. The molecule has 0 fully saturated rings. The molecule has 0 unspecified atom stereocenters. The zero-order chi connectivity index (χ0) is 9.84. The number of carboxylic acids is 1. The SMILES string of the molecule is N[C@@H](CC(=O)O)c1cc(Cl)ccn1. The number of pyridine rings is 1. The first-order valence-electron chi connectivity index (χ1n) is 3.68. The highest BCUT2D eigenvalue weighted by atomic mass is 35.5. The van der Waals surface area contributed by atoms with Crippen LogP contribution in [-0.4, -0.2) is 16.1 Å². The minimum absolute atomic E-state index is 0.145. The molecule has 1 rings (SSSR count). The highest BCUT2D eigenvalue weighted by molar-refractivity contribution is 6.30. The van der Waals surface area contributed by atoms with E-state index in [9.17, 15) is 4.79 Å². The summed E-state index contributed by atoms with van der Waals surface area (Å²) in [5, 5.41) is 8.98. The highest BCUT2D eigenvalue weighted by Crippen LogP contribution is 2.15. The van der Waals surface area contributed by atoms with Crippen LogP contribution in [0.25, 0.3) is 0 Å². The van der Waals surface area contributed by atoms with E-state index in [1.165, 1.54) is 6.20 Å². The van der Waals surface area contributed by atoms with E-state index in [2.05, 4.69) is 4.98 Å². The van der Waals surface area contributed by atoms with E-state index < -0.39 is 12.0 Å². The molecule has 0 aliphatic carbocycles. The molecular weight excluding hydrogens is 192 g/mol. The van der Waals surface area contributed by atoms with Gasteiger partial charge in [0.25, 0.3) is 0 Å². The van der Waals surface area contributed by atoms with Gasteiger partial charge in [0, 0.05) is 11.2 Å². The minimum atomic E-state index is -0.950. The Morgan fingerprint density at radius 1 is 1.77 bits per heavy atom. The van der Waals surface area contributed by atoms with Crippen molar-refractivity contribution in [1.82, 2.24) is 4.98 Å². The average Bonchev–Trinajstić information content (AvgIpc) is 2.03. The summed E-state index contributed by atoms with van der Waals surface area (Å²) in [5.41, 5.74) is 6.06. The number of nitrogens with two attached hydrogens (primary N) is 1. The molecule has 13 heavy (non-hydrogen) atoms. The zero-order valence-corrected chi connectivity index (χ0v) is 7.53. The normalized spacial score (nSPS) is 12.5. The quantitative estimate of drug-likeness (QED) is 0.769. The Hall–Kier alpha value is -1.13. The van der Waals surface area contributed by atoms with Gasteiger partial charge in [-0.15, -0.1) is 0 Å². The molecule has 0 aliphatic heterocycles. The number of hydrogen-bond donors (Lipinski definition) is 2. The van der Waals surface area contributed by atoms with E-state index in [0.717, 1.165) is 0 Å². The van der Waals surface area contributed by atoms with Crippen LogP contribution in [-0.2, 0) is 4.79 Å². The van der Waals surface area contributed by atoms with Crippen LogP contribution < -0.4 is 5.73 Å². The lowest BCUT2D eigenvalue weighted by Gasteiger charge is -2.07. The van der Waals surface area contributed by atoms with Gasteiger partial charge in [0.05, 0.1) is 18.2 Å². The fraction of sp³-hybridized carbons (Fsp3) is 0.250. The average molecular weight is 201 g/mol. The van der Waals surface area contributed by atoms with E-state index in [1.54, 1.807) is 12.1 Å². The van der Waals surface area contributed by atoms with Crippen LogP contribution in [0.5, 0.6) is 0 Å². The van der Waals surface area contributed by atoms with Crippen LogP contribution in [0, 0.1) is 0 Å². The lowest BCUT2D eigenvalue weighted by atomic mass is 10.1. The van der Waals surface area contributed by atoms with Crippen molar-refractivity contribution < 1.29 is 9.90 Å². The van der Waals surface area contributed by atoms with E-state index in [0.29, 0.717) is 10.7 Å². The second-order valence-corrected chi connectivity index (χ2v) is 3.04. The Balaban J connectivity index is 2.76. The maximum atomic E-state index is 10.3. The molecule has 0 saturated carbocycles. The van der Waals surface area contributed by atoms with Crippen LogP contribution in [0.2, 0.25) is 5.02 Å². The second-order valence-electron chi connectivity index (χ2n) is 2.60. The van der Waals surface area contributed by atoms with Crippen molar-refractivity contribution in [2.24, 2.45) is 5.73 Å². The van der Waals surface area contributed by atoms with Gasteiger partial charge < -0.3 is 10.8 Å². The number of aromatic nitrogens is 1. The fourth-order valence-electron chi connectivity index (χ4n) is 0.917. The van der Waals surface area contributed by atoms with Gasteiger partial charge in [0.2, 0.25) is 0 Å². The topological polar surface area (TPSA) is 76.2 Å². The molecule has 1 aromatic rings. The molecule has 0 spiro atoms. The molecule has 0 bridgehead atoms. The highest BCUT2D eigenvalue weighted by Gasteiger charge is 2.11. The number of nitrogens with zero attached hydrogens (tertiary/aromatic N) is 1. The van der Waals surface area contributed by atoms with Crippen molar-refractivity contribution in [3.63, 3.8) is 0 Å². The summed E-state index contributed by atoms with van der Waals surface area (Å²) in [6.45, 7) is 0. The van der Waals surface area contributed by atoms with Gasteiger partial charge >= 0.3 is 5.97 Å². The van der Waals surface area contributed by atoms with Gasteiger partial charge in [0.1, 0.15) is 0 Å². The molecule has 4 nitrogen and oxygen atoms in total. The third kappa shape index (κ3) is 3.01. The summed E-state index contributed by atoms with van der Waals surface area (Å²) in [6, 6.07) is 2.57. The predicted molar refractivity (Wildman–Crippen MR) is 48.4 cm³/mol. The Bertz CT molecular complexity index is 317.